The molecule has 0 radical (unpaired) electrons. The zero-order valence-electron chi connectivity index (χ0n) is 14.0. The van der Waals surface area contributed by atoms with E-state index in [0.29, 0.717) is 19.6 Å². The van der Waals surface area contributed by atoms with Crippen LogP contribution in [0.15, 0.2) is 35.9 Å². The molecule has 126 valence electrons. The summed E-state index contributed by atoms with van der Waals surface area (Å²) < 4.78 is 13.2. The molecule has 4 heteroatoms. The van der Waals surface area contributed by atoms with E-state index in [1.165, 1.54) is 43.4 Å². The van der Waals surface area contributed by atoms with Crippen LogP contribution < -0.4 is 5.32 Å². The van der Waals surface area contributed by atoms with Crippen molar-refractivity contribution in [2.75, 3.05) is 19.6 Å². The Morgan fingerprint density at radius 3 is 2.91 bits per heavy atom. The number of benzene rings is 1. The Morgan fingerprint density at radius 1 is 1.35 bits per heavy atom. The van der Waals surface area contributed by atoms with Crippen molar-refractivity contribution >= 4 is 5.91 Å². The molecule has 3 nitrogen and oxygen atoms in total. The molecular formula is C19H27FN2O. The number of likely N-dealkylation sites (N-methyl/N-ethyl adjacent to an activating group) is 1. The van der Waals surface area contributed by atoms with E-state index < -0.39 is 0 Å². The SMILES string of the molecule is CCN(CC(=O)NCCC1=CCCCC1)Cc1cccc(F)c1. The first-order valence-electron chi connectivity index (χ1n) is 8.58. The van der Waals surface area contributed by atoms with Crippen molar-refractivity contribution in [3.05, 3.63) is 47.3 Å². The van der Waals surface area contributed by atoms with Crippen molar-refractivity contribution in [1.82, 2.24) is 10.2 Å². The average Bonchev–Trinajstić information content (AvgIpc) is 2.55. The van der Waals surface area contributed by atoms with E-state index >= 15 is 0 Å². The fourth-order valence-corrected chi connectivity index (χ4v) is 2.93. The van der Waals surface area contributed by atoms with Crippen molar-refractivity contribution in [3.8, 4) is 0 Å². The fraction of sp³-hybridized carbons (Fsp3) is 0.526. The normalized spacial score (nSPS) is 14.7. The molecule has 0 aliphatic heterocycles. The van der Waals surface area contributed by atoms with Crippen LogP contribution in [0.4, 0.5) is 4.39 Å². The molecule has 1 amide bonds. The molecule has 1 N–H and O–H groups in total. The van der Waals surface area contributed by atoms with Gasteiger partial charge in [0.05, 0.1) is 6.54 Å². The summed E-state index contributed by atoms with van der Waals surface area (Å²) in [5.41, 5.74) is 2.37. The maximum absolute atomic E-state index is 13.2. The molecule has 23 heavy (non-hydrogen) atoms. The van der Waals surface area contributed by atoms with Gasteiger partial charge in [0.15, 0.2) is 0 Å². The second kappa shape index (κ2) is 9.46. The molecule has 0 aromatic heterocycles. The minimum Gasteiger partial charge on any atom is -0.355 e. The summed E-state index contributed by atoms with van der Waals surface area (Å²) in [5, 5.41) is 3.00. The van der Waals surface area contributed by atoms with E-state index in [0.717, 1.165) is 18.5 Å². The van der Waals surface area contributed by atoms with Crippen LogP contribution in [0.1, 0.15) is 44.6 Å². The fourth-order valence-electron chi connectivity index (χ4n) is 2.93. The molecule has 1 aliphatic carbocycles. The van der Waals surface area contributed by atoms with Crippen molar-refractivity contribution in [3.63, 3.8) is 0 Å². The summed E-state index contributed by atoms with van der Waals surface area (Å²) >= 11 is 0. The van der Waals surface area contributed by atoms with Crippen LogP contribution in [0.25, 0.3) is 0 Å². The van der Waals surface area contributed by atoms with Gasteiger partial charge >= 0.3 is 0 Å². The molecule has 0 spiro atoms. The van der Waals surface area contributed by atoms with Gasteiger partial charge < -0.3 is 5.32 Å². The van der Waals surface area contributed by atoms with Gasteiger partial charge in [0, 0.05) is 13.1 Å². The molecule has 0 heterocycles. The zero-order chi connectivity index (χ0) is 16.5. The van der Waals surface area contributed by atoms with Crippen LogP contribution in [0.5, 0.6) is 0 Å². The zero-order valence-corrected chi connectivity index (χ0v) is 14.0. The van der Waals surface area contributed by atoms with Crippen LogP contribution in [0.2, 0.25) is 0 Å². The lowest BCUT2D eigenvalue weighted by atomic mass is 9.97. The third-order valence-electron chi connectivity index (χ3n) is 4.26. The van der Waals surface area contributed by atoms with Gasteiger partial charge in [-0.2, -0.15) is 0 Å². The van der Waals surface area contributed by atoms with E-state index in [1.54, 1.807) is 6.07 Å². The van der Waals surface area contributed by atoms with Crippen molar-refractivity contribution in [2.45, 2.75) is 45.6 Å². The molecule has 0 saturated heterocycles. The Bertz CT molecular complexity index is 542. The highest BCUT2D eigenvalue weighted by molar-refractivity contribution is 5.78. The van der Waals surface area contributed by atoms with Gasteiger partial charge in [-0.1, -0.05) is 30.7 Å². The number of rotatable bonds is 8. The smallest absolute Gasteiger partial charge is 0.234 e. The van der Waals surface area contributed by atoms with Crippen LogP contribution in [-0.4, -0.2) is 30.4 Å². The van der Waals surface area contributed by atoms with Gasteiger partial charge in [0.1, 0.15) is 5.82 Å². The maximum atomic E-state index is 13.2. The second-order valence-electron chi connectivity index (χ2n) is 6.14. The Kier molecular flexibility index (Phi) is 7.27. The number of allylic oxidation sites excluding steroid dienone is 1. The van der Waals surface area contributed by atoms with E-state index in [4.69, 9.17) is 0 Å². The molecule has 1 aliphatic rings. The van der Waals surface area contributed by atoms with Crippen LogP contribution in [0, 0.1) is 5.82 Å². The van der Waals surface area contributed by atoms with Gasteiger partial charge in [-0.25, -0.2) is 4.39 Å². The molecule has 0 fully saturated rings. The first-order valence-corrected chi connectivity index (χ1v) is 8.58. The lowest BCUT2D eigenvalue weighted by molar-refractivity contribution is -0.122. The molecular weight excluding hydrogens is 291 g/mol. The summed E-state index contributed by atoms with van der Waals surface area (Å²) in [6, 6.07) is 6.55. The van der Waals surface area contributed by atoms with Gasteiger partial charge in [-0.3, -0.25) is 9.69 Å². The van der Waals surface area contributed by atoms with Crippen LogP contribution in [-0.2, 0) is 11.3 Å². The molecule has 0 atom stereocenters. The minimum absolute atomic E-state index is 0.0414. The third-order valence-corrected chi connectivity index (χ3v) is 4.26. The van der Waals surface area contributed by atoms with Crippen molar-refractivity contribution in [2.24, 2.45) is 0 Å². The predicted molar refractivity (Wildman–Crippen MR) is 91.5 cm³/mol. The standard InChI is InChI=1S/C19H27FN2O/c1-2-22(14-17-9-6-10-18(20)13-17)15-19(23)21-12-11-16-7-4-3-5-8-16/h6-7,9-10,13H,2-5,8,11-12,14-15H2,1H3,(H,21,23). The van der Waals surface area contributed by atoms with Crippen LogP contribution >= 0.6 is 0 Å². The molecule has 0 unspecified atom stereocenters. The lowest BCUT2D eigenvalue weighted by Crippen LogP contribution is -2.37. The maximum Gasteiger partial charge on any atom is 0.234 e. The number of hydrogen-bond donors (Lipinski definition) is 1. The highest BCUT2D eigenvalue weighted by Crippen LogP contribution is 2.19. The number of amides is 1. The predicted octanol–water partition coefficient (Wildman–Crippen LogP) is 3.65. The number of halogens is 1. The quantitative estimate of drug-likeness (QED) is 0.742. The summed E-state index contributed by atoms with van der Waals surface area (Å²) in [6.07, 6.45) is 8.20. The Morgan fingerprint density at radius 2 is 2.22 bits per heavy atom. The Balaban J connectivity index is 1.72. The minimum atomic E-state index is -0.233. The monoisotopic (exact) mass is 318 g/mol. The first-order chi connectivity index (χ1) is 11.2. The average molecular weight is 318 g/mol. The topological polar surface area (TPSA) is 32.3 Å². The van der Waals surface area contributed by atoms with Crippen LogP contribution in [0.3, 0.4) is 0 Å². The highest BCUT2D eigenvalue weighted by Gasteiger charge is 2.10. The molecule has 1 aromatic carbocycles. The number of carbonyl (C=O) groups is 1. The summed E-state index contributed by atoms with van der Waals surface area (Å²) in [6.45, 7) is 4.43. The summed E-state index contributed by atoms with van der Waals surface area (Å²) in [7, 11) is 0. The summed E-state index contributed by atoms with van der Waals surface area (Å²) in [5.74, 6) is -0.191. The highest BCUT2D eigenvalue weighted by atomic mass is 19.1. The number of nitrogens with zero attached hydrogens (tertiary/aromatic N) is 1. The van der Waals surface area contributed by atoms with Gasteiger partial charge in [0.25, 0.3) is 0 Å². The summed E-state index contributed by atoms with van der Waals surface area (Å²) in [4.78, 5) is 14.1. The Labute approximate surface area is 138 Å². The van der Waals surface area contributed by atoms with Gasteiger partial charge in [0.2, 0.25) is 5.91 Å². The lowest BCUT2D eigenvalue weighted by Gasteiger charge is -2.20. The number of hydrogen-bond acceptors (Lipinski definition) is 2. The number of nitrogens with one attached hydrogen (secondary N) is 1. The first kappa shape index (κ1) is 17.7. The Hall–Kier alpha value is -1.68. The van der Waals surface area contributed by atoms with Gasteiger partial charge in [-0.15, -0.1) is 0 Å². The number of carbonyl (C=O) groups excluding carboxylic acids is 1. The molecule has 1 aromatic rings. The van der Waals surface area contributed by atoms with Crippen molar-refractivity contribution < 1.29 is 9.18 Å². The van der Waals surface area contributed by atoms with E-state index in [2.05, 4.69) is 11.4 Å². The third kappa shape index (κ3) is 6.53. The molecule has 0 saturated carbocycles. The molecule has 2 rings (SSSR count). The van der Waals surface area contributed by atoms with E-state index in [1.807, 2.05) is 17.9 Å². The largest absolute Gasteiger partial charge is 0.355 e. The second-order valence-corrected chi connectivity index (χ2v) is 6.14. The van der Waals surface area contributed by atoms with Crippen molar-refractivity contribution in [1.29, 1.82) is 0 Å². The van der Waals surface area contributed by atoms with Gasteiger partial charge in [-0.05, 0) is 56.3 Å². The molecule has 0 bridgehead atoms. The van der Waals surface area contributed by atoms with E-state index in [-0.39, 0.29) is 11.7 Å². The van der Waals surface area contributed by atoms with E-state index in [9.17, 15) is 9.18 Å².